The SMILES string of the molecule is CCC(C(=O)NCC(C)C)N(CCc1ccccc1)C(=O)CN(c1ccccc1OC)S(=O)(=O)c1ccc(OC)cc1. The molecule has 3 aromatic carbocycles. The predicted octanol–water partition coefficient (Wildman–Crippen LogP) is 4.52. The summed E-state index contributed by atoms with van der Waals surface area (Å²) < 4.78 is 39.9. The highest BCUT2D eigenvalue weighted by Gasteiger charge is 2.34. The Kier molecular flexibility index (Phi) is 11.8. The molecule has 1 N–H and O–H groups in total. The van der Waals surface area contributed by atoms with Gasteiger partial charge in [0, 0.05) is 13.1 Å². The van der Waals surface area contributed by atoms with Crippen molar-refractivity contribution in [3.63, 3.8) is 0 Å². The monoisotopic (exact) mass is 595 g/mol. The molecule has 9 nitrogen and oxygen atoms in total. The summed E-state index contributed by atoms with van der Waals surface area (Å²) in [5, 5.41) is 2.94. The third kappa shape index (κ3) is 8.25. The number of anilines is 1. The number of benzene rings is 3. The summed E-state index contributed by atoms with van der Waals surface area (Å²) in [7, 11) is -1.30. The number of rotatable bonds is 15. The number of para-hydroxylation sites is 2. The molecule has 0 spiro atoms. The van der Waals surface area contributed by atoms with Gasteiger partial charge in [0.25, 0.3) is 10.0 Å². The summed E-state index contributed by atoms with van der Waals surface area (Å²) in [4.78, 5) is 28.9. The molecule has 10 heteroatoms. The van der Waals surface area contributed by atoms with Gasteiger partial charge in [-0.25, -0.2) is 8.42 Å². The minimum absolute atomic E-state index is 0.0143. The molecule has 0 radical (unpaired) electrons. The Morgan fingerprint density at radius 1 is 0.881 bits per heavy atom. The summed E-state index contributed by atoms with van der Waals surface area (Å²) in [5.41, 5.74) is 1.21. The van der Waals surface area contributed by atoms with E-state index in [4.69, 9.17) is 9.47 Å². The number of sulfonamides is 1. The van der Waals surface area contributed by atoms with Crippen LogP contribution in [0.2, 0.25) is 0 Å². The Bertz CT molecular complexity index is 1410. The number of carbonyl (C=O) groups is 2. The van der Waals surface area contributed by atoms with E-state index in [2.05, 4.69) is 5.32 Å². The molecule has 226 valence electrons. The molecule has 1 atom stereocenters. The van der Waals surface area contributed by atoms with E-state index in [-0.39, 0.29) is 29.0 Å². The van der Waals surface area contributed by atoms with Gasteiger partial charge in [0.1, 0.15) is 24.1 Å². The van der Waals surface area contributed by atoms with Crippen molar-refractivity contribution in [3.05, 3.63) is 84.4 Å². The zero-order valence-corrected chi connectivity index (χ0v) is 25.8. The Balaban J connectivity index is 2.03. The standard InChI is InChI=1S/C32H41N3O6S/c1-6-28(32(37)33-22-24(2)3)34(21-20-25-12-8-7-9-13-25)31(36)23-35(29-14-10-11-15-30(29)41-5)42(38,39)27-18-16-26(40-4)17-19-27/h7-19,24,28H,6,20-23H2,1-5H3,(H,33,37). The van der Waals surface area contributed by atoms with Crippen LogP contribution in [0.15, 0.2) is 83.8 Å². The fraction of sp³-hybridized carbons (Fsp3) is 0.375. The van der Waals surface area contributed by atoms with Crippen molar-refractivity contribution < 1.29 is 27.5 Å². The number of ether oxygens (including phenoxy) is 2. The first kappa shape index (κ1) is 32.5. The smallest absolute Gasteiger partial charge is 0.264 e. The fourth-order valence-corrected chi connectivity index (χ4v) is 5.97. The average molecular weight is 596 g/mol. The lowest BCUT2D eigenvalue weighted by molar-refractivity contribution is -0.139. The molecule has 0 aliphatic rings. The average Bonchev–Trinajstić information content (AvgIpc) is 3.01. The molecule has 0 heterocycles. The van der Waals surface area contributed by atoms with E-state index in [1.54, 1.807) is 36.4 Å². The number of hydrogen-bond acceptors (Lipinski definition) is 6. The summed E-state index contributed by atoms with van der Waals surface area (Å²) >= 11 is 0. The number of nitrogens with zero attached hydrogens (tertiary/aromatic N) is 2. The van der Waals surface area contributed by atoms with E-state index in [0.717, 1.165) is 9.87 Å². The van der Waals surface area contributed by atoms with E-state index >= 15 is 0 Å². The molecule has 0 aliphatic heterocycles. The van der Waals surface area contributed by atoms with Crippen molar-refractivity contribution in [2.45, 2.75) is 44.6 Å². The maximum atomic E-state index is 14.1. The lowest BCUT2D eigenvalue weighted by atomic mass is 10.1. The highest BCUT2D eigenvalue weighted by atomic mass is 32.2. The van der Waals surface area contributed by atoms with Gasteiger partial charge >= 0.3 is 0 Å². The Morgan fingerprint density at radius 3 is 2.12 bits per heavy atom. The van der Waals surface area contributed by atoms with Crippen LogP contribution in [-0.4, -0.2) is 65.0 Å². The van der Waals surface area contributed by atoms with Crippen LogP contribution >= 0.6 is 0 Å². The van der Waals surface area contributed by atoms with Crippen molar-refractivity contribution in [3.8, 4) is 11.5 Å². The molecule has 0 saturated carbocycles. The van der Waals surface area contributed by atoms with E-state index in [1.807, 2.05) is 51.1 Å². The summed E-state index contributed by atoms with van der Waals surface area (Å²) in [6.07, 6.45) is 0.866. The topological polar surface area (TPSA) is 105 Å². The molecule has 42 heavy (non-hydrogen) atoms. The van der Waals surface area contributed by atoms with Crippen LogP contribution in [0.5, 0.6) is 11.5 Å². The quantitative estimate of drug-likeness (QED) is 0.277. The number of amides is 2. The predicted molar refractivity (Wildman–Crippen MR) is 164 cm³/mol. The van der Waals surface area contributed by atoms with Gasteiger partial charge < -0.3 is 19.7 Å². The van der Waals surface area contributed by atoms with Crippen molar-refractivity contribution in [2.24, 2.45) is 5.92 Å². The van der Waals surface area contributed by atoms with Crippen LogP contribution < -0.4 is 19.1 Å². The first-order valence-electron chi connectivity index (χ1n) is 14.0. The second-order valence-electron chi connectivity index (χ2n) is 10.2. The molecular weight excluding hydrogens is 554 g/mol. The van der Waals surface area contributed by atoms with Gasteiger partial charge in [-0.05, 0) is 60.7 Å². The maximum Gasteiger partial charge on any atom is 0.264 e. The normalized spacial score (nSPS) is 12.0. The molecule has 0 aliphatic carbocycles. The number of methoxy groups -OCH3 is 2. The second-order valence-corrected chi connectivity index (χ2v) is 12.1. The van der Waals surface area contributed by atoms with Crippen LogP contribution in [0.4, 0.5) is 5.69 Å². The first-order valence-corrected chi connectivity index (χ1v) is 15.5. The lowest BCUT2D eigenvalue weighted by Gasteiger charge is -2.33. The van der Waals surface area contributed by atoms with Gasteiger partial charge in [-0.3, -0.25) is 13.9 Å². The summed E-state index contributed by atoms with van der Waals surface area (Å²) in [6.45, 7) is 6.00. The van der Waals surface area contributed by atoms with Crippen molar-refractivity contribution >= 4 is 27.5 Å². The second kappa shape index (κ2) is 15.3. The van der Waals surface area contributed by atoms with Crippen molar-refractivity contribution in [1.82, 2.24) is 10.2 Å². The van der Waals surface area contributed by atoms with Crippen LogP contribution in [0, 0.1) is 5.92 Å². The fourth-order valence-electron chi connectivity index (χ4n) is 4.54. The molecule has 0 saturated heterocycles. The highest BCUT2D eigenvalue weighted by molar-refractivity contribution is 7.92. The Morgan fingerprint density at radius 2 is 1.52 bits per heavy atom. The number of carbonyl (C=O) groups excluding carboxylic acids is 2. The van der Waals surface area contributed by atoms with E-state index < -0.39 is 28.5 Å². The van der Waals surface area contributed by atoms with E-state index in [1.165, 1.54) is 31.3 Å². The van der Waals surface area contributed by atoms with Crippen molar-refractivity contribution in [2.75, 3.05) is 38.2 Å². The zero-order chi connectivity index (χ0) is 30.7. The van der Waals surface area contributed by atoms with Crippen LogP contribution in [0.3, 0.4) is 0 Å². The van der Waals surface area contributed by atoms with Gasteiger partial charge in [-0.2, -0.15) is 0 Å². The van der Waals surface area contributed by atoms with Gasteiger partial charge in [0.2, 0.25) is 11.8 Å². The molecule has 0 bridgehead atoms. The van der Waals surface area contributed by atoms with Crippen LogP contribution in [0.1, 0.15) is 32.8 Å². The highest BCUT2D eigenvalue weighted by Crippen LogP contribution is 2.33. The molecule has 3 rings (SSSR count). The van der Waals surface area contributed by atoms with Gasteiger partial charge in [-0.1, -0.05) is 63.2 Å². The minimum Gasteiger partial charge on any atom is -0.497 e. The van der Waals surface area contributed by atoms with Crippen LogP contribution in [-0.2, 0) is 26.0 Å². The first-order chi connectivity index (χ1) is 20.1. The Labute approximate surface area is 249 Å². The molecular formula is C32H41N3O6S. The minimum atomic E-state index is -4.23. The largest absolute Gasteiger partial charge is 0.497 e. The van der Waals surface area contributed by atoms with Gasteiger partial charge in [0.15, 0.2) is 0 Å². The zero-order valence-electron chi connectivity index (χ0n) is 24.9. The van der Waals surface area contributed by atoms with Gasteiger partial charge in [-0.15, -0.1) is 0 Å². The third-order valence-corrected chi connectivity index (χ3v) is 8.61. The number of hydrogen-bond donors (Lipinski definition) is 1. The maximum absolute atomic E-state index is 14.1. The molecule has 2 amide bonds. The summed E-state index contributed by atoms with van der Waals surface area (Å²) in [6, 6.07) is 21.5. The van der Waals surface area contributed by atoms with Gasteiger partial charge in [0.05, 0.1) is 24.8 Å². The molecule has 0 aromatic heterocycles. The summed E-state index contributed by atoms with van der Waals surface area (Å²) in [5.74, 6) is 0.254. The number of nitrogens with one attached hydrogen (secondary N) is 1. The van der Waals surface area contributed by atoms with Crippen LogP contribution in [0.25, 0.3) is 0 Å². The molecule has 1 unspecified atom stereocenters. The van der Waals surface area contributed by atoms with E-state index in [0.29, 0.717) is 30.9 Å². The molecule has 3 aromatic rings. The van der Waals surface area contributed by atoms with Crippen molar-refractivity contribution in [1.29, 1.82) is 0 Å². The van der Waals surface area contributed by atoms with E-state index in [9.17, 15) is 18.0 Å². The Hall–Kier alpha value is -4.05. The third-order valence-electron chi connectivity index (χ3n) is 6.83. The molecule has 0 fully saturated rings. The lowest BCUT2D eigenvalue weighted by Crippen LogP contribution is -2.53.